The van der Waals surface area contributed by atoms with Crippen molar-refractivity contribution in [2.24, 2.45) is 0 Å². The van der Waals surface area contributed by atoms with Crippen molar-refractivity contribution in [3.05, 3.63) is 59.7 Å². The number of likely N-dealkylation sites (N-methyl/N-ethyl adjacent to an activating group) is 1. The molecule has 4 rings (SSSR count). The van der Waals surface area contributed by atoms with E-state index < -0.39 is 0 Å². The van der Waals surface area contributed by atoms with Gasteiger partial charge in [0.15, 0.2) is 0 Å². The maximum atomic E-state index is 11.5. The van der Waals surface area contributed by atoms with Crippen molar-refractivity contribution < 1.29 is 4.79 Å². The van der Waals surface area contributed by atoms with Crippen molar-refractivity contribution in [3.63, 3.8) is 0 Å². The number of piperidine rings is 1. The molecular formula is C25H33N3O. The summed E-state index contributed by atoms with van der Waals surface area (Å²) in [5.74, 6) is 0.403. The van der Waals surface area contributed by atoms with Gasteiger partial charge in [0.2, 0.25) is 0 Å². The number of carbonyl (C=O) groups is 1. The summed E-state index contributed by atoms with van der Waals surface area (Å²) in [5.41, 5.74) is 5.33. The Morgan fingerprint density at radius 2 is 1.62 bits per heavy atom. The molecule has 154 valence electrons. The van der Waals surface area contributed by atoms with Crippen LogP contribution in [0.15, 0.2) is 48.5 Å². The third kappa shape index (κ3) is 5.13. The fourth-order valence-corrected chi connectivity index (χ4v) is 4.57. The van der Waals surface area contributed by atoms with Gasteiger partial charge in [0.1, 0.15) is 5.78 Å². The summed E-state index contributed by atoms with van der Waals surface area (Å²) in [6.45, 7) is 6.08. The zero-order valence-corrected chi connectivity index (χ0v) is 17.8. The number of ketones is 1. The highest BCUT2D eigenvalue weighted by molar-refractivity contribution is 5.79. The summed E-state index contributed by atoms with van der Waals surface area (Å²) in [6, 6.07) is 18.5. The van der Waals surface area contributed by atoms with Gasteiger partial charge >= 0.3 is 0 Å². The van der Waals surface area contributed by atoms with E-state index in [9.17, 15) is 4.79 Å². The molecular weight excluding hydrogens is 358 g/mol. The highest BCUT2D eigenvalue weighted by Gasteiger charge is 2.23. The van der Waals surface area contributed by atoms with E-state index >= 15 is 0 Å². The number of likely N-dealkylation sites (tertiary alicyclic amines) is 2. The molecule has 0 aliphatic carbocycles. The normalized spacial score (nSPS) is 21.2. The molecule has 0 N–H and O–H groups in total. The highest BCUT2D eigenvalue weighted by atomic mass is 16.1. The van der Waals surface area contributed by atoms with Crippen molar-refractivity contribution in [1.82, 2.24) is 14.7 Å². The van der Waals surface area contributed by atoms with E-state index in [1.54, 1.807) is 0 Å². The topological polar surface area (TPSA) is 26.8 Å². The Balaban J connectivity index is 1.42. The van der Waals surface area contributed by atoms with Gasteiger partial charge in [-0.15, -0.1) is 0 Å². The number of hydrogen-bond donors (Lipinski definition) is 0. The second-order valence-corrected chi connectivity index (χ2v) is 8.81. The summed E-state index contributed by atoms with van der Waals surface area (Å²) in [6.07, 6.45) is 2.66. The Morgan fingerprint density at radius 1 is 0.897 bits per heavy atom. The van der Waals surface area contributed by atoms with Gasteiger partial charge in [-0.2, -0.15) is 0 Å². The zero-order valence-electron chi connectivity index (χ0n) is 17.8. The second-order valence-electron chi connectivity index (χ2n) is 8.81. The molecule has 4 nitrogen and oxygen atoms in total. The Kier molecular flexibility index (Phi) is 6.43. The van der Waals surface area contributed by atoms with E-state index in [0.717, 1.165) is 32.7 Å². The number of benzene rings is 2. The Morgan fingerprint density at radius 3 is 2.31 bits per heavy atom. The predicted octanol–water partition coefficient (Wildman–Crippen LogP) is 3.65. The average Bonchev–Trinajstić information content (AvgIpc) is 3.20. The summed E-state index contributed by atoms with van der Waals surface area (Å²) in [4.78, 5) is 18.8. The minimum atomic E-state index is 0.403. The molecule has 2 aromatic rings. The largest absolute Gasteiger partial charge is 0.305 e. The molecule has 0 amide bonds. The van der Waals surface area contributed by atoms with Crippen LogP contribution in [-0.4, -0.2) is 66.8 Å². The molecule has 2 fully saturated rings. The van der Waals surface area contributed by atoms with Crippen LogP contribution in [0, 0.1) is 0 Å². The van der Waals surface area contributed by atoms with Crippen LogP contribution < -0.4 is 0 Å². The van der Waals surface area contributed by atoms with Crippen LogP contribution >= 0.6 is 0 Å². The van der Waals surface area contributed by atoms with Gasteiger partial charge < -0.3 is 4.90 Å². The average molecular weight is 392 g/mol. The van der Waals surface area contributed by atoms with Crippen molar-refractivity contribution in [1.29, 1.82) is 0 Å². The summed E-state index contributed by atoms with van der Waals surface area (Å²) >= 11 is 0. The molecule has 0 saturated carbocycles. The van der Waals surface area contributed by atoms with E-state index in [-0.39, 0.29) is 0 Å². The molecule has 2 aliphatic rings. The van der Waals surface area contributed by atoms with Crippen LogP contribution in [0.5, 0.6) is 0 Å². The minimum Gasteiger partial charge on any atom is -0.305 e. The lowest BCUT2D eigenvalue weighted by atomic mass is 9.97. The predicted molar refractivity (Wildman–Crippen MR) is 119 cm³/mol. The summed E-state index contributed by atoms with van der Waals surface area (Å²) < 4.78 is 0. The molecule has 2 aliphatic heterocycles. The van der Waals surface area contributed by atoms with Crippen LogP contribution in [0.1, 0.15) is 30.4 Å². The van der Waals surface area contributed by atoms with Gasteiger partial charge in [0.05, 0.1) is 0 Å². The fourth-order valence-electron chi connectivity index (χ4n) is 4.57. The molecule has 1 unspecified atom stereocenters. The first-order chi connectivity index (χ1) is 14.1. The van der Waals surface area contributed by atoms with Gasteiger partial charge in [-0.05, 0) is 42.8 Å². The molecule has 0 bridgehead atoms. The molecule has 0 spiro atoms. The minimum absolute atomic E-state index is 0.403. The van der Waals surface area contributed by atoms with Gasteiger partial charge in [-0.3, -0.25) is 14.6 Å². The van der Waals surface area contributed by atoms with E-state index in [1.807, 2.05) is 0 Å². The lowest BCUT2D eigenvalue weighted by Crippen LogP contribution is -2.33. The van der Waals surface area contributed by atoms with Crippen LogP contribution in [0.3, 0.4) is 0 Å². The first kappa shape index (κ1) is 20.3. The molecule has 4 heteroatoms. The molecule has 29 heavy (non-hydrogen) atoms. The van der Waals surface area contributed by atoms with Gasteiger partial charge in [0.25, 0.3) is 0 Å². The van der Waals surface area contributed by atoms with E-state index in [4.69, 9.17) is 0 Å². The lowest BCUT2D eigenvalue weighted by molar-refractivity contribution is -0.121. The Hall–Kier alpha value is -2.01. The summed E-state index contributed by atoms with van der Waals surface area (Å²) in [5, 5.41) is 0. The third-order valence-corrected chi connectivity index (χ3v) is 6.47. The van der Waals surface area contributed by atoms with Gasteiger partial charge in [-0.25, -0.2) is 0 Å². The van der Waals surface area contributed by atoms with Crippen LogP contribution in [0.4, 0.5) is 0 Å². The molecule has 2 aromatic carbocycles. The van der Waals surface area contributed by atoms with Crippen LogP contribution in [0.2, 0.25) is 0 Å². The second kappa shape index (κ2) is 9.21. The smallest absolute Gasteiger partial charge is 0.135 e. The van der Waals surface area contributed by atoms with Crippen LogP contribution in [0.25, 0.3) is 11.1 Å². The zero-order chi connectivity index (χ0) is 20.2. The van der Waals surface area contributed by atoms with Gasteiger partial charge in [-0.1, -0.05) is 48.5 Å². The monoisotopic (exact) mass is 391 g/mol. The Bertz CT molecular complexity index is 820. The van der Waals surface area contributed by atoms with Crippen molar-refractivity contribution >= 4 is 5.78 Å². The number of hydrogen-bond acceptors (Lipinski definition) is 4. The maximum Gasteiger partial charge on any atom is 0.135 e. The molecule has 1 atom stereocenters. The molecule has 2 heterocycles. The van der Waals surface area contributed by atoms with Crippen molar-refractivity contribution in [2.75, 3.05) is 40.3 Å². The first-order valence-electron chi connectivity index (χ1n) is 10.9. The standard InChI is InChI=1S/C25H33N3O/c1-26(2)23-11-14-28(19-23)17-20-7-9-21(10-8-20)25-6-4-3-5-22(25)18-27-15-12-24(29)13-16-27/h3-10,23H,11-19H2,1-2H3. The maximum absolute atomic E-state index is 11.5. The van der Waals surface area contributed by atoms with E-state index in [2.05, 4.69) is 77.3 Å². The van der Waals surface area contributed by atoms with Crippen molar-refractivity contribution in [2.45, 2.75) is 38.4 Å². The number of rotatable bonds is 6. The summed E-state index contributed by atoms with van der Waals surface area (Å²) in [7, 11) is 4.37. The van der Waals surface area contributed by atoms with E-state index in [1.165, 1.54) is 35.2 Å². The number of Topliss-reactive ketones (excluding diaryl/α,β-unsaturated/α-hetero) is 1. The molecule has 2 saturated heterocycles. The first-order valence-corrected chi connectivity index (χ1v) is 10.9. The third-order valence-electron chi connectivity index (χ3n) is 6.47. The highest BCUT2D eigenvalue weighted by Crippen LogP contribution is 2.26. The van der Waals surface area contributed by atoms with Crippen LogP contribution in [-0.2, 0) is 17.9 Å². The lowest BCUT2D eigenvalue weighted by Gasteiger charge is -2.26. The van der Waals surface area contributed by atoms with E-state index in [0.29, 0.717) is 24.7 Å². The molecule has 0 radical (unpaired) electrons. The molecule has 0 aromatic heterocycles. The number of nitrogens with zero attached hydrogens (tertiary/aromatic N) is 3. The fraction of sp³-hybridized carbons (Fsp3) is 0.480. The quantitative estimate of drug-likeness (QED) is 0.751. The Labute approximate surface area is 175 Å². The number of carbonyl (C=O) groups excluding carboxylic acids is 1. The van der Waals surface area contributed by atoms with Crippen molar-refractivity contribution in [3.8, 4) is 11.1 Å². The van der Waals surface area contributed by atoms with Gasteiger partial charge in [0, 0.05) is 58.2 Å². The SMILES string of the molecule is CN(C)C1CCN(Cc2ccc(-c3ccccc3CN3CCC(=O)CC3)cc2)C1.